The van der Waals surface area contributed by atoms with Crippen LogP contribution in [0.25, 0.3) is 0 Å². The summed E-state index contributed by atoms with van der Waals surface area (Å²) < 4.78 is 1.85. The maximum atomic E-state index is 4.38. The van der Waals surface area contributed by atoms with E-state index in [4.69, 9.17) is 0 Å². The molecule has 6 heteroatoms. The second-order valence-electron chi connectivity index (χ2n) is 2.87. The van der Waals surface area contributed by atoms with E-state index in [9.17, 15) is 0 Å². The van der Waals surface area contributed by atoms with Gasteiger partial charge in [0.2, 0.25) is 0 Å². The van der Waals surface area contributed by atoms with Gasteiger partial charge in [0.25, 0.3) is 0 Å². The Morgan fingerprint density at radius 1 is 1.57 bits per heavy atom. The molecule has 0 aliphatic carbocycles. The standard InChI is InChI=1S/C8H9BrN4S/c1-6-11-7(5-14-6)4-13-8(2-9)3-10-12-13/h3,5H,2,4H2,1H3. The maximum absolute atomic E-state index is 4.38. The fourth-order valence-electron chi connectivity index (χ4n) is 1.15. The molecule has 0 aromatic carbocycles. The molecular weight excluding hydrogens is 264 g/mol. The minimum Gasteiger partial charge on any atom is -0.245 e. The predicted molar refractivity (Wildman–Crippen MR) is 58.6 cm³/mol. The van der Waals surface area contributed by atoms with Crippen LogP contribution >= 0.6 is 27.3 Å². The number of hydrogen-bond acceptors (Lipinski definition) is 4. The lowest BCUT2D eigenvalue weighted by Gasteiger charge is -2.00. The van der Waals surface area contributed by atoms with E-state index in [1.807, 2.05) is 11.6 Å². The number of rotatable bonds is 3. The average Bonchev–Trinajstić information content (AvgIpc) is 2.76. The molecule has 0 saturated carbocycles. The van der Waals surface area contributed by atoms with E-state index in [1.165, 1.54) is 0 Å². The first-order chi connectivity index (χ1) is 6.79. The highest BCUT2D eigenvalue weighted by Gasteiger charge is 2.04. The molecule has 0 aliphatic rings. The summed E-state index contributed by atoms with van der Waals surface area (Å²) in [4.78, 5) is 4.38. The minimum absolute atomic E-state index is 0.700. The van der Waals surface area contributed by atoms with Crippen LogP contribution in [0.15, 0.2) is 11.6 Å². The summed E-state index contributed by atoms with van der Waals surface area (Å²) in [6, 6.07) is 0. The lowest BCUT2D eigenvalue weighted by molar-refractivity contribution is 0.623. The van der Waals surface area contributed by atoms with Crippen molar-refractivity contribution < 1.29 is 0 Å². The Balaban J connectivity index is 2.18. The molecule has 0 unspecified atom stereocenters. The molecule has 4 nitrogen and oxygen atoms in total. The number of thiazole rings is 1. The number of nitrogens with zero attached hydrogens (tertiary/aromatic N) is 4. The topological polar surface area (TPSA) is 43.6 Å². The van der Waals surface area contributed by atoms with Crippen LogP contribution in [0.4, 0.5) is 0 Å². The first kappa shape index (κ1) is 9.79. The number of alkyl halides is 1. The summed E-state index contributed by atoms with van der Waals surface area (Å²) in [7, 11) is 0. The van der Waals surface area contributed by atoms with Crippen LogP contribution in [0.1, 0.15) is 16.4 Å². The number of hydrogen-bond donors (Lipinski definition) is 0. The Kier molecular flexibility index (Phi) is 2.93. The smallest absolute Gasteiger partial charge is 0.0898 e. The van der Waals surface area contributed by atoms with Gasteiger partial charge in [-0.15, -0.1) is 16.4 Å². The highest BCUT2D eigenvalue weighted by molar-refractivity contribution is 9.08. The van der Waals surface area contributed by atoms with Crippen LogP contribution in [0.5, 0.6) is 0 Å². The van der Waals surface area contributed by atoms with Gasteiger partial charge in [-0.05, 0) is 6.92 Å². The van der Waals surface area contributed by atoms with Crippen LogP contribution in [0.2, 0.25) is 0 Å². The Bertz CT molecular complexity index is 422. The molecule has 0 spiro atoms. The van der Waals surface area contributed by atoms with Crippen molar-refractivity contribution in [1.82, 2.24) is 20.0 Å². The fourth-order valence-corrected chi connectivity index (χ4v) is 2.19. The number of aryl methyl sites for hydroxylation is 1. The zero-order valence-corrected chi connectivity index (χ0v) is 10.0. The normalized spacial score (nSPS) is 10.7. The van der Waals surface area contributed by atoms with Crippen molar-refractivity contribution >= 4 is 27.3 Å². The molecule has 2 heterocycles. The number of aromatic nitrogens is 4. The third-order valence-electron chi connectivity index (χ3n) is 1.81. The molecule has 0 fully saturated rings. The summed E-state index contributed by atoms with van der Waals surface area (Å²) >= 11 is 5.04. The summed E-state index contributed by atoms with van der Waals surface area (Å²) in [5.74, 6) is 0. The highest BCUT2D eigenvalue weighted by atomic mass is 79.9. The average molecular weight is 273 g/mol. The van der Waals surface area contributed by atoms with Gasteiger partial charge in [-0.1, -0.05) is 21.1 Å². The van der Waals surface area contributed by atoms with Crippen molar-refractivity contribution in [3.63, 3.8) is 0 Å². The molecule has 0 N–H and O–H groups in total. The maximum Gasteiger partial charge on any atom is 0.0898 e. The molecule has 0 radical (unpaired) electrons. The van der Waals surface area contributed by atoms with Crippen molar-refractivity contribution in [2.24, 2.45) is 0 Å². The van der Waals surface area contributed by atoms with Gasteiger partial charge in [0, 0.05) is 10.7 Å². The van der Waals surface area contributed by atoms with Crippen molar-refractivity contribution in [2.45, 2.75) is 18.8 Å². The summed E-state index contributed by atoms with van der Waals surface area (Å²) in [5, 5.41) is 11.7. The second kappa shape index (κ2) is 4.18. The molecule has 2 aromatic heterocycles. The van der Waals surface area contributed by atoms with Gasteiger partial charge in [0.1, 0.15) is 0 Å². The van der Waals surface area contributed by atoms with Gasteiger partial charge in [-0.25, -0.2) is 9.67 Å². The monoisotopic (exact) mass is 272 g/mol. The van der Waals surface area contributed by atoms with Gasteiger partial charge in [0.15, 0.2) is 0 Å². The van der Waals surface area contributed by atoms with Crippen LogP contribution in [0.3, 0.4) is 0 Å². The summed E-state index contributed by atoms with van der Waals surface area (Å²) in [6.07, 6.45) is 1.76. The highest BCUT2D eigenvalue weighted by Crippen LogP contribution is 2.11. The van der Waals surface area contributed by atoms with E-state index < -0.39 is 0 Å². The van der Waals surface area contributed by atoms with E-state index >= 15 is 0 Å². The first-order valence-electron chi connectivity index (χ1n) is 4.14. The van der Waals surface area contributed by atoms with Gasteiger partial charge in [0.05, 0.1) is 29.1 Å². The van der Waals surface area contributed by atoms with Crippen molar-refractivity contribution in [1.29, 1.82) is 0 Å². The fraction of sp³-hybridized carbons (Fsp3) is 0.375. The van der Waals surface area contributed by atoms with E-state index in [0.717, 1.165) is 21.7 Å². The molecule has 0 bridgehead atoms. The van der Waals surface area contributed by atoms with Crippen LogP contribution in [0, 0.1) is 6.92 Å². The second-order valence-corrected chi connectivity index (χ2v) is 4.50. The zero-order chi connectivity index (χ0) is 9.97. The van der Waals surface area contributed by atoms with Crippen LogP contribution in [-0.4, -0.2) is 20.0 Å². The molecule has 14 heavy (non-hydrogen) atoms. The molecule has 0 atom stereocenters. The van der Waals surface area contributed by atoms with Crippen molar-refractivity contribution in [3.8, 4) is 0 Å². The minimum atomic E-state index is 0.700. The molecule has 2 rings (SSSR count). The van der Waals surface area contributed by atoms with Gasteiger partial charge in [-0.3, -0.25) is 0 Å². The SMILES string of the molecule is Cc1nc(Cn2nncc2CBr)cs1. The predicted octanol–water partition coefficient (Wildman–Crippen LogP) is 1.99. The molecular formula is C8H9BrN4S. The Morgan fingerprint density at radius 2 is 2.43 bits per heavy atom. The Hall–Kier alpha value is -0.750. The quantitative estimate of drug-likeness (QED) is 0.803. The third-order valence-corrected chi connectivity index (χ3v) is 3.21. The lowest BCUT2D eigenvalue weighted by atomic mass is 10.4. The van der Waals surface area contributed by atoms with E-state index in [0.29, 0.717) is 6.54 Å². The van der Waals surface area contributed by atoms with Crippen molar-refractivity contribution in [2.75, 3.05) is 0 Å². The lowest BCUT2D eigenvalue weighted by Crippen LogP contribution is -2.05. The van der Waals surface area contributed by atoms with Crippen LogP contribution in [-0.2, 0) is 11.9 Å². The first-order valence-corrected chi connectivity index (χ1v) is 6.14. The third kappa shape index (κ3) is 2.01. The molecule has 0 aliphatic heterocycles. The molecule has 0 amide bonds. The van der Waals surface area contributed by atoms with Gasteiger partial charge < -0.3 is 0 Å². The Labute approximate surface area is 94.1 Å². The largest absolute Gasteiger partial charge is 0.245 e. The molecule has 0 saturated heterocycles. The summed E-state index contributed by atoms with van der Waals surface area (Å²) in [6.45, 7) is 2.70. The molecule has 2 aromatic rings. The number of halogens is 1. The van der Waals surface area contributed by atoms with E-state index in [1.54, 1.807) is 17.5 Å². The van der Waals surface area contributed by atoms with Gasteiger partial charge >= 0.3 is 0 Å². The summed E-state index contributed by atoms with van der Waals surface area (Å²) in [5.41, 5.74) is 2.11. The Morgan fingerprint density at radius 3 is 3.07 bits per heavy atom. The zero-order valence-electron chi connectivity index (χ0n) is 7.64. The van der Waals surface area contributed by atoms with Gasteiger partial charge in [-0.2, -0.15) is 0 Å². The van der Waals surface area contributed by atoms with E-state index in [2.05, 4.69) is 36.6 Å². The van der Waals surface area contributed by atoms with Crippen LogP contribution < -0.4 is 0 Å². The molecule has 74 valence electrons. The van der Waals surface area contributed by atoms with Crippen molar-refractivity contribution in [3.05, 3.63) is 28.0 Å². The van der Waals surface area contributed by atoms with E-state index in [-0.39, 0.29) is 0 Å².